The summed E-state index contributed by atoms with van der Waals surface area (Å²) in [6.45, 7) is 3.42. The normalized spacial score (nSPS) is 20.0. The Hall–Kier alpha value is -2.90. The molecular formula is C20H21ClN4O3. The zero-order valence-corrected chi connectivity index (χ0v) is 16.3. The lowest BCUT2D eigenvalue weighted by Crippen LogP contribution is -2.50. The van der Waals surface area contributed by atoms with Gasteiger partial charge in [0.1, 0.15) is 5.54 Å². The van der Waals surface area contributed by atoms with Gasteiger partial charge < -0.3 is 10.6 Å². The highest BCUT2D eigenvalue weighted by atomic mass is 35.5. The summed E-state index contributed by atoms with van der Waals surface area (Å²) in [5.41, 5.74) is 2.70. The molecule has 0 unspecified atom stereocenters. The fourth-order valence-electron chi connectivity index (χ4n) is 3.01. The molecule has 0 spiro atoms. The minimum atomic E-state index is -1.23. The molecule has 8 heteroatoms. The molecule has 0 saturated carbocycles. The molecule has 28 heavy (non-hydrogen) atoms. The first-order chi connectivity index (χ1) is 13.3. The van der Waals surface area contributed by atoms with E-state index in [2.05, 4.69) is 16.1 Å². The van der Waals surface area contributed by atoms with Crippen molar-refractivity contribution >= 4 is 29.4 Å². The van der Waals surface area contributed by atoms with Crippen molar-refractivity contribution in [3.8, 4) is 0 Å². The molecule has 4 amide bonds. The second-order valence-electron chi connectivity index (χ2n) is 6.75. The highest BCUT2D eigenvalue weighted by Gasteiger charge is 2.49. The van der Waals surface area contributed by atoms with Gasteiger partial charge in [0.15, 0.2) is 0 Å². The van der Waals surface area contributed by atoms with Gasteiger partial charge in [0.2, 0.25) is 0 Å². The third-order valence-corrected chi connectivity index (χ3v) is 4.93. The number of nitrogens with zero attached hydrogens (tertiary/aromatic N) is 1. The largest absolute Gasteiger partial charge is 0.344 e. The van der Waals surface area contributed by atoms with Gasteiger partial charge in [-0.05, 0) is 37.1 Å². The van der Waals surface area contributed by atoms with E-state index in [0.29, 0.717) is 10.6 Å². The summed E-state index contributed by atoms with van der Waals surface area (Å²) < 4.78 is 0. The molecule has 0 aliphatic carbocycles. The number of nitrogens with one attached hydrogen (secondary N) is 3. The smallest absolute Gasteiger partial charge is 0.318 e. The molecule has 1 aliphatic heterocycles. The zero-order chi connectivity index (χ0) is 20.3. The molecule has 0 aromatic heterocycles. The number of hydrogen-bond donors (Lipinski definition) is 3. The van der Waals surface area contributed by atoms with Crippen LogP contribution in [0.3, 0.4) is 0 Å². The maximum Gasteiger partial charge on any atom is 0.344 e. The molecule has 2 atom stereocenters. The summed E-state index contributed by atoms with van der Waals surface area (Å²) in [5, 5.41) is 7.01. The molecule has 0 bridgehead atoms. The highest BCUT2D eigenvalue weighted by molar-refractivity contribution is 6.30. The van der Waals surface area contributed by atoms with E-state index in [1.54, 1.807) is 43.3 Å². The number of benzene rings is 2. The molecule has 3 rings (SSSR count). The standard InChI is InChI=1S/C20H21ClN4O3/c1-13(14-7-6-10-16(21)11-14)22-12-17(26)24-25-18(27)20(2,23-19(25)28)15-8-4-3-5-9-15/h3-11,13,22H,12H2,1-2H3,(H,23,28)(H,24,26)/t13-,20-/m1/s1. The Morgan fingerprint density at radius 2 is 1.89 bits per heavy atom. The molecule has 2 aromatic carbocycles. The SMILES string of the molecule is C[C@@H](NCC(=O)NN1C(=O)N[C@](C)(c2ccccc2)C1=O)c1cccc(Cl)c1. The zero-order valence-electron chi connectivity index (χ0n) is 15.5. The molecule has 3 N–H and O–H groups in total. The number of carbonyl (C=O) groups excluding carboxylic acids is 3. The summed E-state index contributed by atoms with van der Waals surface area (Å²) in [4.78, 5) is 37.3. The van der Waals surface area contributed by atoms with E-state index in [-0.39, 0.29) is 12.6 Å². The molecular weight excluding hydrogens is 380 g/mol. The van der Waals surface area contributed by atoms with Gasteiger partial charge >= 0.3 is 6.03 Å². The Morgan fingerprint density at radius 1 is 1.18 bits per heavy atom. The number of halogens is 1. The van der Waals surface area contributed by atoms with E-state index in [9.17, 15) is 14.4 Å². The molecule has 146 valence electrons. The number of hydrogen-bond acceptors (Lipinski definition) is 4. The molecule has 0 radical (unpaired) electrons. The Labute approximate surface area is 168 Å². The first-order valence-electron chi connectivity index (χ1n) is 8.82. The Kier molecular flexibility index (Phi) is 5.67. The van der Waals surface area contributed by atoms with Crippen molar-refractivity contribution in [1.29, 1.82) is 0 Å². The number of hydrazine groups is 1. The average molecular weight is 401 g/mol. The summed E-state index contributed by atoms with van der Waals surface area (Å²) in [6, 6.07) is 15.4. The number of amides is 4. The molecule has 2 aromatic rings. The van der Waals surface area contributed by atoms with E-state index < -0.39 is 23.4 Å². The van der Waals surface area contributed by atoms with Crippen molar-refractivity contribution in [2.75, 3.05) is 6.54 Å². The van der Waals surface area contributed by atoms with Crippen LogP contribution in [0.2, 0.25) is 5.02 Å². The van der Waals surface area contributed by atoms with Gasteiger partial charge in [-0.15, -0.1) is 0 Å². The number of imide groups is 1. The van der Waals surface area contributed by atoms with E-state index in [1.807, 2.05) is 25.1 Å². The first kappa shape index (κ1) is 19.9. The maximum absolute atomic E-state index is 12.8. The van der Waals surface area contributed by atoms with Crippen molar-refractivity contribution in [2.45, 2.75) is 25.4 Å². The molecule has 7 nitrogen and oxygen atoms in total. The lowest BCUT2D eigenvalue weighted by molar-refractivity contribution is -0.138. The first-order valence-corrected chi connectivity index (χ1v) is 9.19. The Balaban J connectivity index is 1.61. The van der Waals surface area contributed by atoms with E-state index in [1.165, 1.54) is 0 Å². The maximum atomic E-state index is 12.8. The van der Waals surface area contributed by atoms with E-state index in [0.717, 1.165) is 10.6 Å². The number of rotatable bonds is 6. The predicted molar refractivity (Wildman–Crippen MR) is 105 cm³/mol. The number of carbonyl (C=O) groups is 3. The van der Waals surface area contributed by atoms with Crippen molar-refractivity contribution in [2.24, 2.45) is 0 Å². The molecule has 1 aliphatic rings. The predicted octanol–water partition coefficient (Wildman–Crippen LogP) is 2.49. The molecule has 1 heterocycles. The topological polar surface area (TPSA) is 90.5 Å². The van der Waals surface area contributed by atoms with Crippen molar-refractivity contribution in [1.82, 2.24) is 21.1 Å². The van der Waals surface area contributed by atoms with Crippen molar-refractivity contribution in [3.05, 3.63) is 70.7 Å². The van der Waals surface area contributed by atoms with Crippen LogP contribution in [0.15, 0.2) is 54.6 Å². The summed E-state index contributed by atoms with van der Waals surface area (Å²) in [7, 11) is 0. The summed E-state index contributed by atoms with van der Waals surface area (Å²) in [6.07, 6.45) is 0. The lowest BCUT2D eigenvalue weighted by atomic mass is 9.92. The van der Waals surface area contributed by atoms with Gasteiger partial charge in [-0.2, -0.15) is 5.01 Å². The van der Waals surface area contributed by atoms with Crippen LogP contribution in [0.4, 0.5) is 4.79 Å². The fourth-order valence-corrected chi connectivity index (χ4v) is 3.21. The second-order valence-corrected chi connectivity index (χ2v) is 7.19. The second kappa shape index (κ2) is 8.00. The van der Waals surface area contributed by atoms with Crippen molar-refractivity contribution < 1.29 is 14.4 Å². The van der Waals surface area contributed by atoms with Gasteiger partial charge in [0, 0.05) is 11.1 Å². The third kappa shape index (κ3) is 4.00. The third-order valence-electron chi connectivity index (χ3n) is 4.70. The van der Waals surface area contributed by atoms with Gasteiger partial charge in [0.25, 0.3) is 11.8 Å². The van der Waals surface area contributed by atoms with Gasteiger partial charge in [0.05, 0.1) is 6.54 Å². The molecule has 1 saturated heterocycles. The van der Waals surface area contributed by atoms with Gasteiger partial charge in [-0.1, -0.05) is 54.1 Å². The lowest BCUT2D eigenvalue weighted by Gasteiger charge is -2.22. The quantitative estimate of drug-likeness (QED) is 0.650. The minimum absolute atomic E-state index is 0.0766. The van der Waals surface area contributed by atoms with Crippen LogP contribution in [0.25, 0.3) is 0 Å². The minimum Gasteiger partial charge on any atom is -0.318 e. The Morgan fingerprint density at radius 3 is 2.57 bits per heavy atom. The summed E-state index contributed by atoms with van der Waals surface area (Å²) in [5.74, 6) is -1.05. The van der Waals surface area contributed by atoms with Crippen LogP contribution < -0.4 is 16.1 Å². The van der Waals surface area contributed by atoms with Crippen LogP contribution >= 0.6 is 11.6 Å². The van der Waals surface area contributed by atoms with Gasteiger partial charge in [-0.3, -0.25) is 15.0 Å². The van der Waals surface area contributed by atoms with Crippen molar-refractivity contribution in [3.63, 3.8) is 0 Å². The Bertz CT molecular complexity index is 905. The van der Waals surface area contributed by atoms with Gasteiger partial charge in [-0.25, -0.2) is 4.79 Å². The summed E-state index contributed by atoms with van der Waals surface area (Å²) >= 11 is 5.98. The average Bonchev–Trinajstić information content (AvgIpc) is 2.91. The van der Waals surface area contributed by atoms with Crippen LogP contribution in [-0.2, 0) is 15.1 Å². The van der Waals surface area contributed by atoms with E-state index >= 15 is 0 Å². The van der Waals surface area contributed by atoms with Crippen LogP contribution in [0.5, 0.6) is 0 Å². The number of urea groups is 1. The highest BCUT2D eigenvalue weighted by Crippen LogP contribution is 2.27. The fraction of sp³-hybridized carbons (Fsp3) is 0.250. The van der Waals surface area contributed by atoms with Crippen LogP contribution in [-0.4, -0.2) is 29.4 Å². The van der Waals surface area contributed by atoms with Crippen LogP contribution in [0, 0.1) is 0 Å². The van der Waals surface area contributed by atoms with Crippen LogP contribution in [0.1, 0.15) is 31.0 Å². The monoisotopic (exact) mass is 400 g/mol. The molecule has 1 fully saturated rings. The van der Waals surface area contributed by atoms with E-state index in [4.69, 9.17) is 11.6 Å².